The van der Waals surface area contributed by atoms with Crippen molar-refractivity contribution >= 4 is 188 Å². The summed E-state index contributed by atoms with van der Waals surface area (Å²) in [5, 5.41) is 19.2. The third-order valence-electron chi connectivity index (χ3n) is 20.1. The fourth-order valence-electron chi connectivity index (χ4n) is 15.5. The number of benzene rings is 16. The van der Waals surface area contributed by atoms with Crippen LogP contribution < -0.4 is 19.6 Å². The molecule has 8 heteroatoms. The molecule has 0 fully saturated rings. The molecule has 0 aliphatic heterocycles. The van der Waals surface area contributed by atoms with E-state index in [2.05, 4.69) is 371 Å². The number of fused-ring (bicyclic) bond motifs is 8. The van der Waals surface area contributed by atoms with Crippen molar-refractivity contribution in [1.29, 1.82) is 0 Å². The van der Waals surface area contributed by atoms with Crippen LogP contribution in [0.4, 0.5) is 68.8 Å². The van der Waals surface area contributed by atoms with Crippen LogP contribution in [0.5, 0.6) is 0 Å². The minimum absolute atomic E-state index is 0.770. The van der Waals surface area contributed by atoms with Crippen LogP contribution in [0.15, 0.2) is 352 Å². The highest BCUT2D eigenvalue weighted by atomic mass is 15.2. The highest BCUT2D eigenvalue weighted by molar-refractivity contribution is 6.33. The summed E-state index contributed by atoms with van der Waals surface area (Å²) in [6, 6.07) is 127. The van der Waals surface area contributed by atoms with Gasteiger partial charge in [0.25, 0.3) is 0 Å². The largest absolute Gasteiger partial charge is 0.294 e. The fraction of sp³-hybridized carbons (Fsp3) is 0. The Balaban J connectivity index is 1.00. The molecule has 0 saturated heterocycles. The molecule has 0 unspecified atom stereocenters. The van der Waals surface area contributed by atoms with Crippen LogP contribution in [-0.4, -0.2) is 19.9 Å². The van der Waals surface area contributed by atoms with Crippen molar-refractivity contribution in [2.75, 3.05) is 19.6 Å². The van der Waals surface area contributed by atoms with Gasteiger partial charge in [-0.1, -0.05) is 243 Å². The van der Waals surface area contributed by atoms with E-state index in [1.807, 2.05) is 0 Å². The van der Waals surface area contributed by atoms with Gasteiger partial charge in [-0.05, 0) is 131 Å². The SMILES string of the molecule is c1ccc2nc(N(c3cccc4ccccc34)c3cc(N(c4ccc5ccccc5n4)c4cccc5ccccc45)c4ccc5c(N(c6ccc7ccccc7n6)c6cccc7ccccc67)cc(N(c6ccc7ccccc7n6)c6cccc7ccccc67)c6ccc3c4c65)ccc2c1. The standard InChI is InChI=1S/C92H58N8/c1-9-33-67-59(21-1)29-17-41-79(67)97(87-53-45-63-25-5-13-37-75(63)93-87)83-57-84(98(80-42-18-30-60-22-2-10-34-68(60)80)88-54-46-64-26-6-14-38-76(64)94-88)72-51-52-74-86(100(82-44-20-32-62-24-4-12-36-70(62)82)90-56-48-66-28-8-16-40-78(66)96-90)58-85(73-50-49-71(83)91(72)92(73)74)99(81-43-19-31-61-23-3-11-35-69(61)81)89-55-47-65-27-7-15-39-77(65)95-89/h1-58H. The van der Waals surface area contributed by atoms with Gasteiger partial charge in [0.2, 0.25) is 0 Å². The Hall–Kier alpha value is -13.6. The Bertz CT molecular complexity index is 5870. The van der Waals surface area contributed by atoms with Crippen molar-refractivity contribution in [3.8, 4) is 0 Å². The third-order valence-corrected chi connectivity index (χ3v) is 20.1. The molecule has 0 N–H and O–H groups in total. The van der Waals surface area contributed by atoms with Gasteiger partial charge in [-0.15, -0.1) is 0 Å². The molecule has 0 aliphatic carbocycles. The Morgan fingerprint density at radius 1 is 0.150 bits per heavy atom. The Kier molecular flexibility index (Phi) is 13.1. The smallest absolute Gasteiger partial charge is 0.138 e. The van der Waals surface area contributed by atoms with Crippen molar-refractivity contribution in [1.82, 2.24) is 19.9 Å². The first-order chi connectivity index (χ1) is 49.6. The quantitative estimate of drug-likeness (QED) is 0.112. The zero-order valence-corrected chi connectivity index (χ0v) is 54.1. The molecule has 4 aromatic heterocycles. The van der Waals surface area contributed by atoms with E-state index >= 15 is 0 Å². The van der Waals surface area contributed by atoms with Crippen molar-refractivity contribution in [3.63, 3.8) is 0 Å². The normalized spacial score (nSPS) is 11.8. The molecule has 20 rings (SSSR count). The summed E-state index contributed by atoms with van der Waals surface area (Å²) in [5.41, 5.74) is 11.2. The first-order valence-electron chi connectivity index (χ1n) is 33.9. The minimum atomic E-state index is 0.770. The first-order valence-corrected chi connectivity index (χ1v) is 33.9. The van der Waals surface area contributed by atoms with E-state index in [9.17, 15) is 0 Å². The molecule has 0 amide bonds. The second-order valence-corrected chi connectivity index (χ2v) is 25.7. The molecule has 0 aliphatic rings. The number of hydrogen-bond donors (Lipinski definition) is 0. The van der Waals surface area contributed by atoms with Gasteiger partial charge in [-0.25, -0.2) is 19.9 Å². The summed E-state index contributed by atoms with van der Waals surface area (Å²) in [4.78, 5) is 32.4. The predicted octanol–water partition coefficient (Wildman–Crippen LogP) is 25.3. The maximum Gasteiger partial charge on any atom is 0.138 e. The highest BCUT2D eigenvalue weighted by Crippen LogP contribution is 2.56. The molecule has 0 radical (unpaired) electrons. The van der Waals surface area contributed by atoms with E-state index in [0.29, 0.717) is 0 Å². The van der Waals surface area contributed by atoms with E-state index < -0.39 is 0 Å². The van der Waals surface area contributed by atoms with E-state index in [4.69, 9.17) is 19.9 Å². The van der Waals surface area contributed by atoms with Crippen LogP contribution in [0.2, 0.25) is 0 Å². The van der Waals surface area contributed by atoms with Crippen LogP contribution >= 0.6 is 0 Å². The molecule has 0 atom stereocenters. The molecule has 466 valence electrons. The van der Waals surface area contributed by atoms with Crippen LogP contribution in [0.3, 0.4) is 0 Å². The lowest BCUT2D eigenvalue weighted by Crippen LogP contribution is -2.17. The van der Waals surface area contributed by atoms with Gasteiger partial charge in [-0.2, -0.15) is 0 Å². The van der Waals surface area contributed by atoms with Crippen LogP contribution in [0.25, 0.3) is 119 Å². The van der Waals surface area contributed by atoms with Crippen LogP contribution in [0, 0.1) is 0 Å². The van der Waals surface area contributed by atoms with Gasteiger partial charge < -0.3 is 0 Å². The molecule has 0 bridgehead atoms. The van der Waals surface area contributed by atoms with Gasteiger partial charge in [0.1, 0.15) is 23.3 Å². The van der Waals surface area contributed by atoms with E-state index in [-0.39, 0.29) is 0 Å². The Labute approximate surface area is 575 Å². The fourth-order valence-corrected chi connectivity index (χ4v) is 15.5. The van der Waals surface area contributed by atoms with Crippen LogP contribution in [0.1, 0.15) is 0 Å². The summed E-state index contributed by atoms with van der Waals surface area (Å²) >= 11 is 0. The lowest BCUT2D eigenvalue weighted by atomic mass is 9.89. The van der Waals surface area contributed by atoms with Crippen molar-refractivity contribution < 1.29 is 0 Å². The summed E-state index contributed by atoms with van der Waals surface area (Å²) in [6.07, 6.45) is 0. The average Bonchev–Trinajstić information content (AvgIpc) is 0.697. The number of anilines is 12. The Morgan fingerprint density at radius 2 is 0.360 bits per heavy atom. The van der Waals surface area contributed by atoms with E-state index in [1.165, 1.54) is 0 Å². The maximum atomic E-state index is 5.68. The summed E-state index contributed by atoms with van der Waals surface area (Å²) in [6.45, 7) is 0. The molecule has 100 heavy (non-hydrogen) atoms. The average molecular weight is 1280 g/mol. The van der Waals surface area contributed by atoms with Crippen LogP contribution in [-0.2, 0) is 0 Å². The number of nitrogens with zero attached hydrogens (tertiary/aromatic N) is 8. The number of rotatable bonds is 12. The monoisotopic (exact) mass is 1270 g/mol. The molecule has 0 spiro atoms. The molecule has 0 saturated carbocycles. The lowest BCUT2D eigenvalue weighted by Gasteiger charge is -2.34. The zero-order chi connectivity index (χ0) is 65.8. The van der Waals surface area contributed by atoms with Gasteiger partial charge >= 0.3 is 0 Å². The summed E-state index contributed by atoms with van der Waals surface area (Å²) in [5.74, 6) is 3.08. The second kappa shape index (κ2) is 23.1. The lowest BCUT2D eigenvalue weighted by molar-refractivity contribution is 1.20. The number of para-hydroxylation sites is 4. The first kappa shape index (κ1) is 56.8. The number of hydrogen-bond acceptors (Lipinski definition) is 8. The minimum Gasteiger partial charge on any atom is -0.294 e. The molecule has 16 aromatic carbocycles. The van der Waals surface area contributed by atoms with Gasteiger partial charge in [0, 0.05) is 75.4 Å². The molecular formula is C92H58N8. The van der Waals surface area contributed by atoms with Crippen molar-refractivity contribution in [3.05, 3.63) is 352 Å². The van der Waals surface area contributed by atoms with Crippen molar-refractivity contribution in [2.24, 2.45) is 0 Å². The third kappa shape index (κ3) is 9.23. The summed E-state index contributed by atoms with van der Waals surface area (Å²) < 4.78 is 0. The number of pyridine rings is 4. The molecule has 20 aromatic rings. The predicted molar refractivity (Wildman–Crippen MR) is 420 cm³/mol. The van der Waals surface area contributed by atoms with Gasteiger partial charge in [0.15, 0.2) is 0 Å². The van der Waals surface area contributed by atoms with Gasteiger partial charge in [-0.3, -0.25) is 19.6 Å². The zero-order valence-electron chi connectivity index (χ0n) is 54.1. The van der Waals surface area contributed by atoms with Gasteiger partial charge in [0.05, 0.1) is 67.6 Å². The van der Waals surface area contributed by atoms with Crippen molar-refractivity contribution in [2.45, 2.75) is 0 Å². The molecule has 4 heterocycles. The molecular weight excluding hydrogens is 1220 g/mol. The van der Waals surface area contributed by atoms with E-state index in [1.54, 1.807) is 0 Å². The maximum absolute atomic E-state index is 5.68. The highest BCUT2D eigenvalue weighted by Gasteiger charge is 2.32. The topological polar surface area (TPSA) is 64.5 Å². The Morgan fingerprint density at radius 3 is 0.610 bits per heavy atom. The molecule has 8 nitrogen and oxygen atoms in total. The number of aromatic nitrogens is 4. The van der Waals surface area contributed by atoms with E-state index in [0.717, 1.165) is 188 Å². The summed E-state index contributed by atoms with van der Waals surface area (Å²) in [7, 11) is 0. The second-order valence-electron chi connectivity index (χ2n) is 25.7.